The smallest absolute Gasteiger partial charge is 0.272 e. The molecule has 1 aromatic heterocycles. The molecule has 0 atom stereocenters. The molecule has 0 unspecified atom stereocenters. The van der Waals surface area contributed by atoms with E-state index in [1.54, 1.807) is 12.3 Å². The number of nitrogens with zero attached hydrogens (tertiary/aromatic N) is 2. The lowest BCUT2D eigenvalue weighted by Crippen LogP contribution is -2.39. The Kier molecular flexibility index (Phi) is 2.69. The first-order valence-corrected chi connectivity index (χ1v) is 6.89. The molecule has 0 bridgehead atoms. The standard InChI is InChI=1S/C13H15BrN2O/c14-10-1-6-15-11(9-10)12(17)16-7-4-13(2-3-13)5-8-16/h1,6,9H,2-5,7-8H2. The van der Waals surface area contributed by atoms with Crippen LogP contribution in [0.3, 0.4) is 0 Å². The Morgan fingerprint density at radius 1 is 1.29 bits per heavy atom. The van der Waals surface area contributed by atoms with Crippen LogP contribution in [0, 0.1) is 5.41 Å². The molecule has 1 saturated heterocycles. The third kappa shape index (κ3) is 2.23. The number of aromatic nitrogens is 1. The van der Waals surface area contributed by atoms with Gasteiger partial charge in [0.1, 0.15) is 5.69 Å². The van der Waals surface area contributed by atoms with Gasteiger partial charge in [0.2, 0.25) is 0 Å². The number of piperidine rings is 1. The van der Waals surface area contributed by atoms with Gasteiger partial charge in [0.25, 0.3) is 5.91 Å². The zero-order chi connectivity index (χ0) is 11.9. The predicted molar refractivity (Wildman–Crippen MR) is 68.7 cm³/mol. The van der Waals surface area contributed by atoms with E-state index in [1.807, 2.05) is 11.0 Å². The fraction of sp³-hybridized carbons (Fsp3) is 0.538. The average Bonchev–Trinajstić information content (AvgIpc) is 3.09. The minimum atomic E-state index is 0.0711. The van der Waals surface area contributed by atoms with E-state index in [2.05, 4.69) is 20.9 Å². The van der Waals surface area contributed by atoms with E-state index in [9.17, 15) is 4.79 Å². The van der Waals surface area contributed by atoms with Crippen LogP contribution in [-0.4, -0.2) is 28.9 Å². The zero-order valence-electron chi connectivity index (χ0n) is 9.66. The first-order chi connectivity index (χ1) is 8.19. The van der Waals surface area contributed by atoms with Gasteiger partial charge in [0.05, 0.1) is 0 Å². The van der Waals surface area contributed by atoms with Gasteiger partial charge in [-0.1, -0.05) is 15.9 Å². The Bertz CT molecular complexity index is 446. The Balaban J connectivity index is 1.70. The topological polar surface area (TPSA) is 33.2 Å². The van der Waals surface area contributed by atoms with E-state index in [-0.39, 0.29) is 5.91 Å². The van der Waals surface area contributed by atoms with Gasteiger partial charge in [-0.05, 0) is 43.2 Å². The monoisotopic (exact) mass is 294 g/mol. The Morgan fingerprint density at radius 3 is 2.59 bits per heavy atom. The maximum atomic E-state index is 12.2. The highest BCUT2D eigenvalue weighted by atomic mass is 79.9. The van der Waals surface area contributed by atoms with Crippen LogP contribution in [0.25, 0.3) is 0 Å². The van der Waals surface area contributed by atoms with Crippen molar-refractivity contribution in [2.75, 3.05) is 13.1 Å². The van der Waals surface area contributed by atoms with Gasteiger partial charge in [-0.2, -0.15) is 0 Å². The van der Waals surface area contributed by atoms with E-state index < -0.39 is 0 Å². The van der Waals surface area contributed by atoms with Crippen LogP contribution in [-0.2, 0) is 0 Å². The maximum absolute atomic E-state index is 12.2. The summed E-state index contributed by atoms with van der Waals surface area (Å²) in [5.41, 5.74) is 1.16. The maximum Gasteiger partial charge on any atom is 0.272 e. The Morgan fingerprint density at radius 2 is 2.00 bits per heavy atom. The number of pyridine rings is 1. The van der Waals surface area contributed by atoms with Crippen LogP contribution < -0.4 is 0 Å². The molecule has 1 saturated carbocycles. The molecule has 17 heavy (non-hydrogen) atoms. The summed E-state index contributed by atoms with van der Waals surface area (Å²) >= 11 is 3.37. The zero-order valence-corrected chi connectivity index (χ0v) is 11.2. The second-order valence-corrected chi connectivity index (χ2v) is 6.07. The predicted octanol–water partition coefficient (Wildman–Crippen LogP) is 2.86. The van der Waals surface area contributed by atoms with Crippen LogP contribution in [0.15, 0.2) is 22.8 Å². The molecule has 90 valence electrons. The third-order valence-corrected chi connectivity index (χ3v) is 4.50. The van der Waals surface area contributed by atoms with Gasteiger partial charge >= 0.3 is 0 Å². The number of amides is 1. The quantitative estimate of drug-likeness (QED) is 0.798. The highest BCUT2D eigenvalue weighted by molar-refractivity contribution is 9.10. The number of rotatable bonds is 1. The minimum Gasteiger partial charge on any atom is -0.337 e. The second-order valence-electron chi connectivity index (χ2n) is 5.15. The van der Waals surface area contributed by atoms with E-state index in [0.29, 0.717) is 11.1 Å². The Labute approximate surface area is 109 Å². The van der Waals surface area contributed by atoms with E-state index in [0.717, 1.165) is 17.6 Å². The number of hydrogen-bond acceptors (Lipinski definition) is 2. The van der Waals surface area contributed by atoms with Gasteiger partial charge < -0.3 is 4.90 Å². The fourth-order valence-corrected chi connectivity index (χ4v) is 2.88. The van der Waals surface area contributed by atoms with Crippen molar-refractivity contribution in [3.63, 3.8) is 0 Å². The van der Waals surface area contributed by atoms with E-state index >= 15 is 0 Å². The first-order valence-electron chi connectivity index (χ1n) is 6.09. The van der Waals surface area contributed by atoms with Crippen molar-refractivity contribution in [3.05, 3.63) is 28.5 Å². The van der Waals surface area contributed by atoms with Gasteiger partial charge in [-0.15, -0.1) is 0 Å². The van der Waals surface area contributed by atoms with Crippen LogP contribution >= 0.6 is 15.9 Å². The molecule has 1 amide bonds. The summed E-state index contributed by atoms with van der Waals surface area (Å²) in [7, 11) is 0. The third-order valence-electron chi connectivity index (χ3n) is 4.01. The van der Waals surface area contributed by atoms with Crippen molar-refractivity contribution in [3.8, 4) is 0 Å². The molecule has 1 aromatic rings. The van der Waals surface area contributed by atoms with Crippen molar-refractivity contribution >= 4 is 21.8 Å². The molecule has 4 heteroatoms. The molecule has 2 aliphatic rings. The highest BCUT2D eigenvalue weighted by Gasteiger charge is 2.45. The normalized spacial score (nSPS) is 21.6. The molecule has 0 aromatic carbocycles. The van der Waals surface area contributed by atoms with E-state index in [1.165, 1.54) is 25.7 Å². The molecule has 1 spiro atoms. The Hall–Kier alpha value is -0.900. The molecule has 2 heterocycles. The lowest BCUT2D eigenvalue weighted by molar-refractivity contribution is 0.0672. The number of carbonyl (C=O) groups is 1. The molecule has 0 radical (unpaired) electrons. The summed E-state index contributed by atoms with van der Waals surface area (Å²) in [6, 6.07) is 3.63. The molecule has 2 fully saturated rings. The fourth-order valence-electron chi connectivity index (χ4n) is 2.54. The summed E-state index contributed by atoms with van der Waals surface area (Å²) in [4.78, 5) is 18.3. The molecule has 3 rings (SSSR count). The number of likely N-dealkylation sites (tertiary alicyclic amines) is 1. The first kappa shape index (κ1) is 11.2. The lowest BCUT2D eigenvalue weighted by Gasteiger charge is -2.31. The molecule has 1 aliphatic carbocycles. The molecular weight excluding hydrogens is 280 g/mol. The average molecular weight is 295 g/mol. The number of carbonyl (C=O) groups excluding carboxylic acids is 1. The highest BCUT2D eigenvalue weighted by Crippen LogP contribution is 2.53. The summed E-state index contributed by atoms with van der Waals surface area (Å²) in [5.74, 6) is 0.0711. The van der Waals surface area contributed by atoms with Gasteiger partial charge in [0, 0.05) is 23.8 Å². The summed E-state index contributed by atoms with van der Waals surface area (Å²) in [6.45, 7) is 1.79. The molecular formula is C13H15BrN2O. The summed E-state index contributed by atoms with van der Waals surface area (Å²) in [5, 5.41) is 0. The van der Waals surface area contributed by atoms with Crippen LogP contribution in [0.1, 0.15) is 36.2 Å². The lowest BCUT2D eigenvalue weighted by atomic mass is 9.93. The van der Waals surface area contributed by atoms with E-state index in [4.69, 9.17) is 0 Å². The van der Waals surface area contributed by atoms with Crippen LogP contribution in [0.5, 0.6) is 0 Å². The summed E-state index contributed by atoms with van der Waals surface area (Å²) in [6.07, 6.45) is 6.75. The summed E-state index contributed by atoms with van der Waals surface area (Å²) < 4.78 is 0.909. The molecule has 0 N–H and O–H groups in total. The van der Waals surface area contributed by atoms with Gasteiger partial charge in [-0.3, -0.25) is 9.78 Å². The minimum absolute atomic E-state index is 0.0711. The van der Waals surface area contributed by atoms with Gasteiger partial charge in [-0.25, -0.2) is 0 Å². The SMILES string of the molecule is O=C(c1cc(Br)ccn1)N1CCC2(CC1)CC2. The van der Waals surface area contributed by atoms with Crippen molar-refractivity contribution in [1.82, 2.24) is 9.88 Å². The molecule has 3 nitrogen and oxygen atoms in total. The van der Waals surface area contributed by atoms with Crippen LogP contribution in [0.2, 0.25) is 0 Å². The van der Waals surface area contributed by atoms with Crippen molar-refractivity contribution < 1.29 is 4.79 Å². The second kappa shape index (κ2) is 4.09. The van der Waals surface area contributed by atoms with Crippen molar-refractivity contribution in [2.45, 2.75) is 25.7 Å². The van der Waals surface area contributed by atoms with Crippen molar-refractivity contribution in [2.24, 2.45) is 5.41 Å². The number of hydrogen-bond donors (Lipinski definition) is 0. The largest absolute Gasteiger partial charge is 0.337 e. The number of halogens is 1. The van der Waals surface area contributed by atoms with Crippen LogP contribution in [0.4, 0.5) is 0 Å². The van der Waals surface area contributed by atoms with Crippen molar-refractivity contribution in [1.29, 1.82) is 0 Å². The van der Waals surface area contributed by atoms with Gasteiger partial charge in [0.15, 0.2) is 0 Å². The molecule has 1 aliphatic heterocycles.